The first-order valence-electron chi connectivity index (χ1n) is 9.28. The largest absolute Gasteiger partial charge is 0.507 e. The first-order chi connectivity index (χ1) is 15.6. The van der Waals surface area contributed by atoms with Gasteiger partial charge < -0.3 is 15.5 Å². The highest BCUT2D eigenvalue weighted by Gasteiger charge is 2.36. The number of carbonyl (C=O) groups is 2. The van der Waals surface area contributed by atoms with Crippen LogP contribution in [0.25, 0.3) is 0 Å². The fourth-order valence-corrected chi connectivity index (χ4v) is 4.76. The molecule has 0 saturated carbocycles. The minimum Gasteiger partial charge on any atom is -0.507 e. The standard InChI is InChI=1S/C22H14Cl2N2O6S/c23-11-3-1-5-13(9-11)26-33(31,32)14-6-2-4-12(10-14)25-20-19(24)21(29)17-15(27)7-8-16(28)18(17)22(20)30/h1-10,25-28H. The fourth-order valence-electron chi connectivity index (χ4n) is 3.25. The quantitative estimate of drug-likeness (QED) is 0.376. The number of nitrogens with one attached hydrogen (secondary N) is 2. The number of allylic oxidation sites excluding steroid dienone is 2. The van der Waals surface area contributed by atoms with E-state index in [1.54, 1.807) is 12.1 Å². The van der Waals surface area contributed by atoms with Crippen LogP contribution in [0.4, 0.5) is 11.4 Å². The summed E-state index contributed by atoms with van der Waals surface area (Å²) in [5.74, 6) is -2.72. The van der Waals surface area contributed by atoms with Crippen LogP contribution in [0.15, 0.2) is 76.3 Å². The number of phenols is 2. The van der Waals surface area contributed by atoms with E-state index in [0.29, 0.717) is 5.02 Å². The van der Waals surface area contributed by atoms with Gasteiger partial charge in [0, 0.05) is 10.7 Å². The molecule has 0 unspecified atom stereocenters. The van der Waals surface area contributed by atoms with E-state index >= 15 is 0 Å². The van der Waals surface area contributed by atoms with E-state index in [1.807, 2.05) is 0 Å². The molecular weight excluding hydrogens is 491 g/mol. The van der Waals surface area contributed by atoms with E-state index in [0.717, 1.165) is 12.1 Å². The molecule has 168 valence electrons. The van der Waals surface area contributed by atoms with Crippen molar-refractivity contribution in [2.24, 2.45) is 0 Å². The van der Waals surface area contributed by atoms with Crippen molar-refractivity contribution in [1.82, 2.24) is 0 Å². The van der Waals surface area contributed by atoms with Crippen LogP contribution in [0.5, 0.6) is 11.5 Å². The van der Waals surface area contributed by atoms with Crippen molar-refractivity contribution in [3.05, 3.63) is 87.5 Å². The Balaban J connectivity index is 1.68. The maximum atomic E-state index is 12.9. The van der Waals surface area contributed by atoms with Gasteiger partial charge >= 0.3 is 0 Å². The van der Waals surface area contributed by atoms with Crippen LogP contribution in [0.3, 0.4) is 0 Å². The van der Waals surface area contributed by atoms with E-state index < -0.39 is 49.2 Å². The Labute approximate surface area is 198 Å². The molecule has 3 aromatic rings. The second kappa shape index (κ2) is 8.43. The van der Waals surface area contributed by atoms with Crippen LogP contribution in [-0.4, -0.2) is 30.2 Å². The lowest BCUT2D eigenvalue weighted by Gasteiger charge is -2.20. The highest BCUT2D eigenvalue weighted by molar-refractivity contribution is 7.92. The number of benzene rings is 3. The third-order valence-electron chi connectivity index (χ3n) is 4.75. The van der Waals surface area contributed by atoms with Gasteiger partial charge in [-0.2, -0.15) is 0 Å². The summed E-state index contributed by atoms with van der Waals surface area (Å²) in [4.78, 5) is 25.4. The number of hydrogen-bond acceptors (Lipinski definition) is 7. The van der Waals surface area contributed by atoms with Crippen molar-refractivity contribution in [3.63, 3.8) is 0 Å². The van der Waals surface area contributed by atoms with Crippen molar-refractivity contribution >= 4 is 56.2 Å². The van der Waals surface area contributed by atoms with Gasteiger partial charge in [-0.05, 0) is 48.5 Å². The van der Waals surface area contributed by atoms with Crippen LogP contribution >= 0.6 is 23.2 Å². The molecule has 0 amide bonds. The molecule has 3 aromatic carbocycles. The molecule has 0 aliphatic heterocycles. The number of fused-ring (bicyclic) bond motifs is 1. The Kier molecular flexibility index (Phi) is 5.79. The van der Waals surface area contributed by atoms with Gasteiger partial charge in [0.05, 0.1) is 21.7 Å². The second-order valence-corrected chi connectivity index (χ2v) is 9.47. The SMILES string of the molecule is O=C1C(Cl)=C(Nc2cccc(S(=O)(=O)Nc3cccc(Cl)c3)c2)C(=O)c2c(O)ccc(O)c21. The molecule has 0 saturated heterocycles. The Morgan fingerprint density at radius 1 is 0.758 bits per heavy atom. The molecule has 33 heavy (non-hydrogen) atoms. The third-order valence-corrected chi connectivity index (χ3v) is 6.73. The van der Waals surface area contributed by atoms with Gasteiger partial charge in [-0.3, -0.25) is 14.3 Å². The number of phenolic OH excluding ortho intramolecular Hbond substituents is 2. The number of carbonyl (C=O) groups excluding carboxylic acids is 2. The summed E-state index contributed by atoms with van der Waals surface area (Å²) in [6.07, 6.45) is 0. The summed E-state index contributed by atoms with van der Waals surface area (Å²) in [5.41, 5.74) is -0.781. The first-order valence-corrected chi connectivity index (χ1v) is 11.5. The second-order valence-electron chi connectivity index (χ2n) is 6.97. The summed E-state index contributed by atoms with van der Waals surface area (Å²) in [6, 6.07) is 13.8. The van der Waals surface area contributed by atoms with Gasteiger partial charge in [-0.15, -0.1) is 0 Å². The van der Waals surface area contributed by atoms with Crippen LogP contribution < -0.4 is 10.0 Å². The predicted molar refractivity (Wildman–Crippen MR) is 124 cm³/mol. The van der Waals surface area contributed by atoms with Crippen LogP contribution in [0.2, 0.25) is 5.02 Å². The zero-order valence-electron chi connectivity index (χ0n) is 16.5. The maximum absolute atomic E-state index is 12.9. The lowest BCUT2D eigenvalue weighted by Crippen LogP contribution is -2.24. The molecule has 0 radical (unpaired) electrons. The third kappa shape index (κ3) is 4.25. The smallest absolute Gasteiger partial charge is 0.261 e. The summed E-state index contributed by atoms with van der Waals surface area (Å²) >= 11 is 12.0. The Morgan fingerprint density at radius 3 is 2.03 bits per heavy atom. The molecule has 4 N–H and O–H groups in total. The van der Waals surface area contributed by atoms with E-state index in [-0.39, 0.29) is 22.0 Å². The van der Waals surface area contributed by atoms with E-state index in [4.69, 9.17) is 23.2 Å². The van der Waals surface area contributed by atoms with Gasteiger partial charge in [0.25, 0.3) is 10.0 Å². The van der Waals surface area contributed by atoms with Crippen LogP contribution in [0.1, 0.15) is 20.7 Å². The first kappa shape index (κ1) is 22.7. The van der Waals surface area contributed by atoms with Crippen molar-refractivity contribution in [2.75, 3.05) is 10.0 Å². The molecule has 11 heteroatoms. The highest BCUT2D eigenvalue weighted by Crippen LogP contribution is 2.38. The molecule has 1 aliphatic carbocycles. The van der Waals surface area contributed by atoms with Crippen molar-refractivity contribution in [1.29, 1.82) is 0 Å². The van der Waals surface area contributed by atoms with Gasteiger partial charge in [0.15, 0.2) is 0 Å². The number of aromatic hydroxyl groups is 2. The van der Waals surface area contributed by atoms with Gasteiger partial charge in [0.1, 0.15) is 22.2 Å². The van der Waals surface area contributed by atoms with Gasteiger partial charge in [0.2, 0.25) is 11.6 Å². The highest BCUT2D eigenvalue weighted by atomic mass is 35.5. The molecule has 4 rings (SSSR count). The van der Waals surface area contributed by atoms with Crippen molar-refractivity contribution < 1.29 is 28.2 Å². The maximum Gasteiger partial charge on any atom is 0.261 e. The van der Waals surface area contributed by atoms with Gasteiger partial charge in [-0.25, -0.2) is 8.42 Å². The Morgan fingerprint density at radius 2 is 1.36 bits per heavy atom. The van der Waals surface area contributed by atoms with Crippen molar-refractivity contribution in [2.45, 2.75) is 4.90 Å². The van der Waals surface area contributed by atoms with Gasteiger partial charge in [-0.1, -0.05) is 35.3 Å². The molecule has 0 bridgehead atoms. The number of sulfonamides is 1. The van der Waals surface area contributed by atoms with Crippen LogP contribution in [-0.2, 0) is 10.0 Å². The number of ketones is 2. The topological polar surface area (TPSA) is 133 Å². The zero-order chi connectivity index (χ0) is 23.9. The normalized spacial score (nSPS) is 13.6. The summed E-state index contributed by atoms with van der Waals surface area (Å²) in [6.45, 7) is 0. The fraction of sp³-hybridized carbons (Fsp3) is 0. The molecule has 8 nitrogen and oxygen atoms in total. The number of halogens is 2. The van der Waals surface area contributed by atoms with E-state index in [9.17, 15) is 28.2 Å². The average molecular weight is 505 g/mol. The van der Waals surface area contributed by atoms with Crippen molar-refractivity contribution in [3.8, 4) is 11.5 Å². The molecule has 0 fully saturated rings. The average Bonchev–Trinajstić information content (AvgIpc) is 2.76. The molecule has 0 aromatic heterocycles. The summed E-state index contributed by atoms with van der Waals surface area (Å²) in [5, 5.41) is 22.5. The molecule has 1 aliphatic rings. The minimum atomic E-state index is -4.01. The Hall–Kier alpha value is -3.53. The molecular formula is C22H14Cl2N2O6S. The number of hydrogen-bond donors (Lipinski definition) is 4. The monoisotopic (exact) mass is 504 g/mol. The number of rotatable bonds is 5. The van der Waals surface area contributed by atoms with E-state index in [1.165, 1.54) is 36.4 Å². The minimum absolute atomic E-state index is 0.139. The van der Waals surface area contributed by atoms with Crippen LogP contribution in [0, 0.1) is 0 Å². The van der Waals surface area contributed by atoms with E-state index in [2.05, 4.69) is 10.0 Å². The summed E-state index contributed by atoms with van der Waals surface area (Å²) in [7, 11) is -4.01. The Bertz CT molecular complexity index is 1470. The molecule has 0 spiro atoms. The number of anilines is 2. The molecule has 0 atom stereocenters. The molecule has 0 heterocycles. The summed E-state index contributed by atoms with van der Waals surface area (Å²) < 4.78 is 28.0. The lowest BCUT2D eigenvalue weighted by atomic mass is 9.90. The lowest BCUT2D eigenvalue weighted by molar-refractivity contribution is 0.0977. The number of Topliss-reactive ketones (excluding diaryl/α,β-unsaturated/α-hetero) is 2. The predicted octanol–water partition coefficient (Wildman–Crippen LogP) is 4.49. The zero-order valence-corrected chi connectivity index (χ0v) is 18.8.